The summed E-state index contributed by atoms with van der Waals surface area (Å²) in [5.74, 6) is 1.68. The molecule has 0 bridgehead atoms. The molecule has 0 saturated heterocycles. The van der Waals surface area contributed by atoms with Gasteiger partial charge in [-0.3, -0.25) is 0 Å². The van der Waals surface area contributed by atoms with E-state index in [0.717, 1.165) is 11.8 Å². The molecule has 0 radical (unpaired) electrons. The van der Waals surface area contributed by atoms with Crippen molar-refractivity contribution < 1.29 is 4.74 Å². The summed E-state index contributed by atoms with van der Waals surface area (Å²) in [7, 11) is 0. The highest BCUT2D eigenvalue weighted by molar-refractivity contribution is 4.89. The highest BCUT2D eigenvalue weighted by Crippen LogP contribution is 2.38. The van der Waals surface area contributed by atoms with Gasteiger partial charge in [0.15, 0.2) is 0 Å². The first-order valence-electron chi connectivity index (χ1n) is 7.51. The van der Waals surface area contributed by atoms with Gasteiger partial charge >= 0.3 is 0 Å². The predicted octanol–water partition coefficient (Wildman–Crippen LogP) is 3.49. The fourth-order valence-corrected chi connectivity index (χ4v) is 3.65. The topological polar surface area (TPSA) is 35.2 Å². The van der Waals surface area contributed by atoms with Crippen LogP contribution >= 0.6 is 0 Å². The van der Waals surface area contributed by atoms with E-state index in [9.17, 15) is 0 Å². The first-order valence-corrected chi connectivity index (χ1v) is 7.51. The highest BCUT2D eigenvalue weighted by atomic mass is 16.5. The molecule has 2 N–H and O–H groups in total. The Bertz CT molecular complexity index is 235. The Hall–Kier alpha value is -0.0800. The third-order valence-electron chi connectivity index (χ3n) is 4.80. The zero-order valence-corrected chi connectivity index (χ0v) is 11.6. The molecule has 2 aliphatic carbocycles. The molecule has 2 atom stereocenters. The molecule has 0 heterocycles. The van der Waals surface area contributed by atoms with Gasteiger partial charge < -0.3 is 10.5 Å². The Labute approximate surface area is 106 Å². The predicted molar refractivity (Wildman–Crippen MR) is 71.9 cm³/mol. The maximum absolute atomic E-state index is 6.46. The highest BCUT2D eigenvalue weighted by Gasteiger charge is 2.37. The molecule has 0 spiro atoms. The zero-order chi connectivity index (χ0) is 12.3. The van der Waals surface area contributed by atoms with Crippen molar-refractivity contribution in [2.24, 2.45) is 17.6 Å². The second-order valence-electron chi connectivity index (χ2n) is 6.59. The molecule has 0 aromatic heterocycles. The Morgan fingerprint density at radius 2 is 1.76 bits per heavy atom. The molecule has 2 unspecified atom stereocenters. The lowest BCUT2D eigenvalue weighted by Gasteiger charge is -2.43. The van der Waals surface area contributed by atoms with E-state index in [1.165, 1.54) is 51.4 Å². The van der Waals surface area contributed by atoms with Gasteiger partial charge in [0.2, 0.25) is 0 Å². The summed E-state index contributed by atoms with van der Waals surface area (Å²) in [6.45, 7) is 5.41. The fourth-order valence-electron chi connectivity index (χ4n) is 3.65. The lowest BCUT2D eigenvalue weighted by atomic mass is 9.78. The van der Waals surface area contributed by atoms with E-state index in [0.29, 0.717) is 12.6 Å². The largest absolute Gasteiger partial charge is 0.370 e. The fraction of sp³-hybridized carbons (Fsp3) is 1.00. The standard InChI is InChI=1S/C15H29NO/c1-12-5-7-14(8-6-12)17-15(11-16)9-3-4-13(2)10-15/h12-14H,3-11,16H2,1-2H3. The zero-order valence-electron chi connectivity index (χ0n) is 11.6. The van der Waals surface area contributed by atoms with Gasteiger partial charge in [0, 0.05) is 6.54 Å². The Morgan fingerprint density at radius 1 is 1.06 bits per heavy atom. The first-order chi connectivity index (χ1) is 8.13. The molecule has 2 aliphatic rings. The summed E-state index contributed by atoms with van der Waals surface area (Å²) < 4.78 is 6.46. The van der Waals surface area contributed by atoms with Crippen LogP contribution in [-0.2, 0) is 4.74 Å². The van der Waals surface area contributed by atoms with Crippen molar-refractivity contribution in [1.82, 2.24) is 0 Å². The van der Waals surface area contributed by atoms with Gasteiger partial charge in [0.25, 0.3) is 0 Å². The van der Waals surface area contributed by atoms with Gasteiger partial charge in [0.1, 0.15) is 0 Å². The molecule has 0 aliphatic heterocycles. The monoisotopic (exact) mass is 239 g/mol. The average Bonchev–Trinajstić information content (AvgIpc) is 2.32. The number of hydrogen-bond donors (Lipinski definition) is 1. The van der Waals surface area contributed by atoms with Crippen LogP contribution in [0, 0.1) is 11.8 Å². The maximum atomic E-state index is 6.46. The average molecular weight is 239 g/mol. The van der Waals surface area contributed by atoms with Crippen molar-refractivity contribution >= 4 is 0 Å². The van der Waals surface area contributed by atoms with Crippen LogP contribution in [0.3, 0.4) is 0 Å². The van der Waals surface area contributed by atoms with Crippen molar-refractivity contribution in [2.45, 2.75) is 76.9 Å². The van der Waals surface area contributed by atoms with Gasteiger partial charge in [-0.2, -0.15) is 0 Å². The molecule has 2 heteroatoms. The summed E-state index contributed by atoms with van der Waals surface area (Å²) in [5.41, 5.74) is 6.04. The Morgan fingerprint density at radius 3 is 2.35 bits per heavy atom. The molecule has 2 nitrogen and oxygen atoms in total. The van der Waals surface area contributed by atoms with Gasteiger partial charge in [-0.15, -0.1) is 0 Å². The van der Waals surface area contributed by atoms with E-state index in [1.807, 2.05) is 0 Å². The summed E-state index contributed by atoms with van der Waals surface area (Å²) in [6.07, 6.45) is 10.7. The molecular formula is C15H29NO. The smallest absolute Gasteiger partial charge is 0.0810 e. The molecule has 100 valence electrons. The normalized spacial score (nSPS) is 43.6. The minimum absolute atomic E-state index is 0.0168. The second kappa shape index (κ2) is 5.71. The first kappa shape index (κ1) is 13.4. The quantitative estimate of drug-likeness (QED) is 0.818. The van der Waals surface area contributed by atoms with Crippen LogP contribution in [0.1, 0.15) is 65.2 Å². The Balaban J connectivity index is 1.90. The van der Waals surface area contributed by atoms with E-state index in [-0.39, 0.29) is 5.60 Å². The summed E-state index contributed by atoms with van der Waals surface area (Å²) in [6, 6.07) is 0. The van der Waals surface area contributed by atoms with Crippen molar-refractivity contribution in [2.75, 3.05) is 6.54 Å². The van der Waals surface area contributed by atoms with Crippen molar-refractivity contribution in [3.63, 3.8) is 0 Å². The minimum atomic E-state index is 0.0168. The minimum Gasteiger partial charge on any atom is -0.370 e. The number of rotatable bonds is 3. The van der Waals surface area contributed by atoms with Gasteiger partial charge in [-0.1, -0.05) is 26.7 Å². The van der Waals surface area contributed by atoms with Gasteiger partial charge in [-0.05, 0) is 50.4 Å². The van der Waals surface area contributed by atoms with Crippen molar-refractivity contribution in [3.8, 4) is 0 Å². The molecule has 17 heavy (non-hydrogen) atoms. The molecule has 0 aromatic rings. The Kier molecular flexibility index (Phi) is 4.48. The van der Waals surface area contributed by atoms with E-state index < -0.39 is 0 Å². The number of hydrogen-bond acceptors (Lipinski definition) is 2. The van der Waals surface area contributed by atoms with Crippen LogP contribution < -0.4 is 5.73 Å². The molecule has 2 saturated carbocycles. The molecular weight excluding hydrogens is 210 g/mol. The van der Waals surface area contributed by atoms with Crippen LogP contribution in [0.15, 0.2) is 0 Å². The molecule has 2 rings (SSSR count). The van der Waals surface area contributed by atoms with E-state index in [1.54, 1.807) is 0 Å². The lowest BCUT2D eigenvalue weighted by Crippen LogP contribution is -2.47. The van der Waals surface area contributed by atoms with Crippen LogP contribution in [-0.4, -0.2) is 18.2 Å². The number of nitrogens with two attached hydrogens (primary N) is 1. The molecule has 2 fully saturated rings. The van der Waals surface area contributed by atoms with E-state index >= 15 is 0 Å². The second-order valence-corrected chi connectivity index (χ2v) is 6.59. The summed E-state index contributed by atoms with van der Waals surface area (Å²) >= 11 is 0. The molecule has 0 amide bonds. The summed E-state index contributed by atoms with van der Waals surface area (Å²) in [4.78, 5) is 0. The van der Waals surface area contributed by atoms with Crippen LogP contribution in [0.4, 0.5) is 0 Å². The lowest BCUT2D eigenvalue weighted by molar-refractivity contribution is -0.128. The van der Waals surface area contributed by atoms with E-state index in [2.05, 4.69) is 13.8 Å². The van der Waals surface area contributed by atoms with Crippen molar-refractivity contribution in [3.05, 3.63) is 0 Å². The van der Waals surface area contributed by atoms with Crippen molar-refractivity contribution in [1.29, 1.82) is 0 Å². The molecule has 0 aromatic carbocycles. The summed E-state index contributed by atoms with van der Waals surface area (Å²) in [5, 5.41) is 0. The van der Waals surface area contributed by atoms with E-state index in [4.69, 9.17) is 10.5 Å². The van der Waals surface area contributed by atoms with Crippen LogP contribution in [0.25, 0.3) is 0 Å². The SMILES string of the molecule is CC1CCC(OC2(CN)CCCC(C)C2)CC1. The van der Waals surface area contributed by atoms with Crippen LogP contribution in [0.2, 0.25) is 0 Å². The maximum Gasteiger partial charge on any atom is 0.0810 e. The van der Waals surface area contributed by atoms with Gasteiger partial charge in [0.05, 0.1) is 11.7 Å². The third-order valence-corrected chi connectivity index (χ3v) is 4.80. The number of ether oxygens (including phenoxy) is 1. The van der Waals surface area contributed by atoms with Gasteiger partial charge in [-0.25, -0.2) is 0 Å². The third kappa shape index (κ3) is 3.45. The van der Waals surface area contributed by atoms with Crippen LogP contribution in [0.5, 0.6) is 0 Å².